The van der Waals surface area contributed by atoms with E-state index >= 15 is 0 Å². The third-order valence-corrected chi connectivity index (χ3v) is 3.68. The van der Waals surface area contributed by atoms with E-state index in [0.717, 1.165) is 44.9 Å². The van der Waals surface area contributed by atoms with Crippen molar-refractivity contribution in [3.63, 3.8) is 0 Å². The molecule has 0 saturated heterocycles. The monoisotopic (exact) mass is 338 g/mol. The van der Waals surface area contributed by atoms with Crippen LogP contribution >= 0.6 is 15.9 Å². The van der Waals surface area contributed by atoms with Gasteiger partial charge in [0.25, 0.3) is 0 Å². The molecule has 4 nitrogen and oxygen atoms in total. The second-order valence-electron chi connectivity index (χ2n) is 4.83. The number of hydrogen-bond acceptors (Lipinski definition) is 4. The Morgan fingerprint density at radius 1 is 1.30 bits per heavy atom. The molecule has 2 rings (SSSR count). The largest absolute Gasteiger partial charge is 0.488 e. The van der Waals surface area contributed by atoms with Gasteiger partial charge in [0.15, 0.2) is 0 Å². The van der Waals surface area contributed by atoms with Gasteiger partial charge in [-0.2, -0.15) is 0 Å². The van der Waals surface area contributed by atoms with Gasteiger partial charge < -0.3 is 14.6 Å². The Hall–Kier alpha value is -1.33. The Balaban J connectivity index is 2.25. The molecule has 0 aliphatic heterocycles. The minimum Gasteiger partial charge on any atom is -0.488 e. The molecular formula is C15H19BrN2O2. The van der Waals surface area contributed by atoms with Crippen LogP contribution in [0, 0.1) is 20.8 Å². The lowest BCUT2D eigenvalue weighted by Crippen LogP contribution is -2.09. The third-order valence-electron chi connectivity index (χ3n) is 3.23. The normalized spacial score (nSPS) is 10.8. The van der Waals surface area contributed by atoms with Gasteiger partial charge >= 0.3 is 0 Å². The molecule has 0 radical (unpaired) electrons. The van der Waals surface area contributed by atoms with Gasteiger partial charge in [-0.05, 0) is 45.5 Å². The van der Waals surface area contributed by atoms with Crippen LogP contribution in [-0.2, 0) is 13.2 Å². The summed E-state index contributed by atoms with van der Waals surface area (Å²) < 4.78 is 12.2. The van der Waals surface area contributed by atoms with Crippen molar-refractivity contribution in [2.75, 3.05) is 7.05 Å². The molecule has 2 aromatic rings. The minimum atomic E-state index is 0.473. The maximum absolute atomic E-state index is 6.02. The third kappa shape index (κ3) is 3.22. The van der Waals surface area contributed by atoms with Crippen molar-refractivity contribution in [3.05, 3.63) is 44.7 Å². The Morgan fingerprint density at radius 2 is 2.05 bits per heavy atom. The van der Waals surface area contributed by atoms with Crippen molar-refractivity contribution in [3.8, 4) is 5.75 Å². The summed E-state index contributed by atoms with van der Waals surface area (Å²) in [4.78, 5) is 0. The summed E-state index contributed by atoms with van der Waals surface area (Å²) in [6, 6.07) is 4.13. The highest BCUT2D eigenvalue weighted by molar-refractivity contribution is 9.10. The molecule has 0 aliphatic carbocycles. The average Bonchev–Trinajstić information content (AvgIpc) is 2.69. The van der Waals surface area contributed by atoms with E-state index in [1.54, 1.807) is 0 Å². The highest BCUT2D eigenvalue weighted by Gasteiger charge is 2.13. The molecule has 0 spiro atoms. The number of nitrogens with zero attached hydrogens (tertiary/aromatic N) is 1. The van der Waals surface area contributed by atoms with Gasteiger partial charge in [-0.25, -0.2) is 0 Å². The SMILES string of the molecule is CNCc1cc(Br)cc(C)c1OCc1c(C)noc1C. The Morgan fingerprint density at radius 3 is 2.65 bits per heavy atom. The molecule has 0 unspecified atom stereocenters. The van der Waals surface area contributed by atoms with Crippen molar-refractivity contribution < 1.29 is 9.26 Å². The number of aromatic nitrogens is 1. The Kier molecular flexibility index (Phi) is 4.83. The fourth-order valence-corrected chi connectivity index (χ4v) is 2.80. The van der Waals surface area contributed by atoms with E-state index in [4.69, 9.17) is 9.26 Å². The first kappa shape index (κ1) is 15.1. The molecule has 1 aromatic carbocycles. The van der Waals surface area contributed by atoms with Gasteiger partial charge in [-0.3, -0.25) is 0 Å². The van der Waals surface area contributed by atoms with Gasteiger partial charge in [0.1, 0.15) is 18.1 Å². The van der Waals surface area contributed by atoms with Crippen LogP contribution in [0.4, 0.5) is 0 Å². The van der Waals surface area contributed by atoms with Crippen LogP contribution in [0.2, 0.25) is 0 Å². The van der Waals surface area contributed by atoms with Crippen LogP contribution in [0.5, 0.6) is 5.75 Å². The van der Waals surface area contributed by atoms with E-state index in [0.29, 0.717) is 6.61 Å². The van der Waals surface area contributed by atoms with Gasteiger partial charge in [-0.15, -0.1) is 0 Å². The number of rotatable bonds is 5. The molecule has 108 valence electrons. The zero-order valence-corrected chi connectivity index (χ0v) is 13.8. The van der Waals surface area contributed by atoms with E-state index in [9.17, 15) is 0 Å². The van der Waals surface area contributed by atoms with Gasteiger partial charge in [-0.1, -0.05) is 21.1 Å². The number of nitrogens with one attached hydrogen (secondary N) is 1. The van der Waals surface area contributed by atoms with Gasteiger partial charge in [0.2, 0.25) is 0 Å². The summed E-state index contributed by atoms with van der Waals surface area (Å²) in [7, 11) is 1.92. The van der Waals surface area contributed by atoms with Gasteiger partial charge in [0.05, 0.1) is 11.3 Å². The average molecular weight is 339 g/mol. The molecule has 0 amide bonds. The smallest absolute Gasteiger partial charge is 0.140 e. The van der Waals surface area contributed by atoms with Crippen LogP contribution in [0.15, 0.2) is 21.1 Å². The van der Waals surface area contributed by atoms with E-state index in [2.05, 4.69) is 38.5 Å². The standard InChI is InChI=1S/C15H19BrN2O2/c1-9-5-13(16)6-12(7-17-4)15(9)19-8-14-10(2)18-20-11(14)3/h5-6,17H,7-8H2,1-4H3. The van der Waals surface area contributed by atoms with Crippen molar-refractivity contribution in [2.24, 2.45) is 0 Å². The van der Waals surface area contributed by atoms with Crippen molar-refractivity contribution in [1.82, 2.24) is 10.5 Å². The minimum absolute atomic E-state index is 0.473. The first-order valence-corrected chi connectivity index (χ1v) is 7.30. The zero-order valence-electron chi connectivity index (χ0n) is 12.2. The summed E-state index contributed by atoms with van der Waals surface area (Å²) in [6.07, 6.45) is 0. The molecule has 0 aliphatic rings. The van der Waals surface area contributed by atoms with Crippen molar-refractivity contribution in [2.45, 2.75) is 33.9 Å². The first-order valence-electron chi connectivity index (χ1n) is 6.51. The van der Waals surface area contributed by atoms with Crippen LogP contribution in [0.3, 0.4) is 0 Å². The summed E-state index contributed by atoms with van der Waals surface area (Å²) in [5, 5.41) is 7.11. The Bertz CT molecular complexity index is 589. The summed E-state index contributed by atoms with van der Waals surface area (Å²) in [6.45, 7) is 7.12. The van der Waals surface area contributed by atoms with Crippen LogP contribution in [-0.4, -0.2) is 12.2 Å². The lowest BCUT2D eigenvalue weighted by atomic mass is 10.1. The molecule has 1 heterocycles. The molecule has 0 fully saturated rings. The Labute approximate surface area is 127 Å². The molecule has 0 bridgehead atoms. The highest BCUT2D eigenvalue weighted by Crippen LogP contribution is 2.29. The first-order chi connectivity index (χ1) is 9.52. The summed E-state index contributed by atoms with van der Waals surface area (Å²) >= 11 is 3.52. The maximum Gasteiger partial charge on any atom is 0.140 e. The second-order valence-corrected chi connectivity index (χ2v) is 5.75. The number of benzene rings is 1. The molecule has 5 heteroatoms. The van der Waals surface area contributed by atoms with Crippen LogP contribution < -0.4 is 10.1 Å². The number of hydrogen-bond donors (Lipinski definition) is 1. The maximum atomic E-state index is 6.02. The van der Waals surface area contributed by atoms with Crippen molar-refractivity contribution in [1.29, 1.82) is 0 Å². The molecule has 0 saturated carbocycles. The fraction of sp³-hybridized carbons (Fsp3) is 0.400. The number of halogens is 1. The molecule has 1 aromatic heterocycles. The zero-order chi connectivity index (χ0) is 14.7. The second kappa shape index (κ2) is 6.41. The molecule has 20 heavy (non-hydrogen) atoms. The number of ether oxygens (including phenoxy) is 1. The van der Waals surface area contributed by atoms with E-state index in [-0.39, 0.29) is 0 Å². The predicted molar refractivity (Wildman–Crippen MR) is 82.0 cm³/mol. The summed E-state index contributed by atoms with van der Waals surface area (Å²) in [5.41, 5.74) is 4.14. The van der Waals surface area contributed by atoms with E-state index < -0.39 is 0 Å². The fourth-order valence-electron chi connectivity index (χ4n) is 2.18. The topological polar surface area (TPSA) is 47.3 Å². The van der Waals surface area contributed by atoms with Crippen LogP contribution in [0.25, 0.3) is 0 Å². The number of aryl methyl sites for hydroxylation is 3. The predicted octanol–water partition coefficient (Wildman–Crippen LogP) is 3.66. The summed E-state index contributed by atoms with van der Waals surface area (Å²) in [5.74, 6) is 1.73. The molecular weight excluding hydrogens is 320 g/mol. The van der Waals surface area contributed by atoms with Crippen LogP contribution in [0.1, 0.15) is 28.1 Å². The quantitative estimate of drug-likeness (QED) is 0.903. The van der Waals surface area contributed by atoms with Gasteiger partial charge in [0, 0.05) is 16.6 Å². The lowest BCUT2D eigenvalue weighted by molar-refractivity contribution is 0.296. The van der Waals surface area contributed by atoms with Crippen molar-refractivity contribution >= 4 is 15.9 Å². The molecule has 0 atom stereocenters. The lowest BCUT2D eigenvalue weighted by Gasteiger charge is -2.15. The van der Waals surface area contributed by atoms with E-state index in [1.165, 1.54) is 0 Å². The highest BCUT2D eigenvalue weighted by atomic mass is 79.9. The molecule has 1 N–H and O–H groups in total. The van der Waals surface area contributed by atoms with E-state index in [1.807, 2.05) is 27.8 Å².